The zero-order chi connectivity index (χ0) is 19.1. The molecule has 0 aliphatic heterocycles. The normalized spacial score (nSPS) is 17.1. The summed E-state index contributed by atoms with van der Waals surface area (Å²) in [6, 6.07) is 24.8. The third kappa shape index (κ3) is 2.45. The van der Waals surface area contributed by atoms with Crippen LogP contribution in [0.1, 0.15) is 27.8 Å². The van der Waals surface area contributed by atoms with E-state index in [9.17, 15) is 10.5 Å². The first-order valence-electron chi connectivity index (χ1n) is 9.40. The van der Waals surface area contributed by atoms with E-state index in [-0.39, 0.29) is 5.41 Å². The van der Waals surface area contributed by atoms with E-state index in [0.717, 1.165) is 41.7 Å². The van der Waals surface area contributed by atoms with Gasteiger partial charge in [-0.25, -0.2) is 0 Å². The Morgan fingerprint density at radius 1 is 0.750 bits per heavy atom. The molecule has 2 aliphatic carbocycles. The third-order valence-corrected chi connectivity index (χ3v) is 6.06. The molecule has 5 rings (SSSR count). The second-order valence-corrected chi connectivity index (χ2v) is 7.70. The fraction of sp³-hybridized carbons (Fsp3) is 0.160. The second-order valence-electron chi connectivity index (χ2n) is 7.70. The van der Waals surface area contributed by atoms with Crippen LogP contribution in [-0.2, 0) is 19.3 Å². The van der Waals surface area contributed by atoms with Gasteiger partial charge in [0.15, 0.2) is 0 Å². The lowest BCUT2D eigenvalue weighted by molar-refractivity contribution is 0.459. The number of hydrogen-bond acceptors (Lipinski definition) is 3. The number of nitrogens with zero attached hydrogens (tertiary/aromatic N) is 3. The van der Waals surface area contributed by atoms with Crippen molar-refractivity contribution in [1.82, 2.24) is 0 Å². The van der Waals surface area contributed by atoms with Gasteiger partial charge >= 0.3 is 0 Å². The van der Waals surface area contributed by atoms with Crippen LogP contribution in [0.25, 0.3) is 11.1 Å². The molecule has 0 amide bonds. The number of aliphatic imine (C=N–C) groups is 1. The number of hydrogen-bond donors (Lipinski definition) is 0. The molecule has 0 aromatic heterocycles. The highest BCUT2D eigenvalue weighted by atomic mass is 14.8. The van der Waals surface area contributed by atoms with Gasteiger partial charge in [0.05, 0.1) is 17.3 Å². The Labute approximate surface area is 164 Å². The van der Waals surface area contributed by atoms with Crippen molar-refractivity contribution in [2.24, 2.45) is 10.4 Å². The molecule has 3 aromatic carbocycles. The van der Waals surface area contributed by atoms with E-state index >= 15 is 0 Å². The summed E-state index contributed by atoms with van der Waals surface area (Å²) in [5, 5.41) is 18.6. The van der Waals surface area contributed by atoms with Crippen molar-refractivity contribution in [3.63, 3.8) is 0 Å². The van der Waals surface area contributed by atoms with E-state index in [1.54, 1.807) is 0 Å². The summed E-state index contributed by atoms with van der Waals surface area (Å²) < 4.78 is 0. The maximum absolute atomic E-state index is 9.39. The van der Waals surface area contributed by atoms with Gasteiger partial charge in [-0.3, -0.25) is 0 Å². The minimum atomic E-state index is -0.116. The summed E-state index contributed by atoms with van der Waals surface area (Å²) in [4.78, 5) is 4.32. The molecule has 0 bridgehead atoms. The van der Waals surface area contributed by atoms with Gasteiger partial charge in [-0.2, -0.15) is 15.5 Å². The van der Waals surface area contributed by atoms with Crippen LogP contribution in [0.3, 0.4) is 0 Å². The zero-order valence-corrected chi connectivity index (χ0v) is 15.3. The molecule has 28 heavy (non-hydrogen) atoms. The Morgan fingerprint density at radius 3 is 2.18 bits per heavy atom. The highest BCUT2D eigenvalue weighted by Gasteiger charge is 2.47. The van der Waals surface area contributed by atoms with Crippen LogP contribution in [-0.4, -0.2) is 5.71 Å². The molecule has 1 spiro atoms. The Kier molecular flexibility index (Phi) is 3.64. The van der Waals surface area contributed by atoms with Crippen molar-refractivity contribution in [2.75, 3.05) is 0 Å². The largest absolute Gasteiger partial charge is 0.205 e. The van der Waals surface area contributed by atoms with E-state index in [1.165, 1.54) is 16.7 Å². The topological polar surface area (TPSA) is 59.9 Å². The molecule has 2 aliphatic rings. The molecule has 132 valence electrons. The lowest BCUT2D eigenvalue weighted by Gasteiger charge is -2.23. The Morgan fingerprint density at radius 2 is 1.46 bits per heavy atom. The van der Waals surface area contributed by atoms with Crippen molar-refractivity contribution in [1.29, 1.82) is 10.5 Å². The molecule has 3 nitrogen and oxygen atoms in total. The van der Waals surface area contributed by atoms with Crippen LogP contribution < -0.4 is 0 Å². The fourth-order valence-corrected chi connectivity index (χ4v) is 4.85. The molecule has 3 aromatic rings. The van der Waals surface area contributed by atoms with E-state index in [4.69, 9.17) is 0 Å². The number of rotatable bonds is 1. The molecule has 0 atom stereocenters. The van der Waals surface area contributed by atoms with Crippen LogP contribution in [0.5, 0.6) is 0 Å². The fourth-order valence-electron chi connectivity index (χ4n) is 4.85. The van der Waals surface area contributed by atoms with E-state index < -0.39 is 0 Å². The second kappa shape index (κ2) is 6.19. The first-order valence-corrected chi connectivity index (χ1v) is 9.40. The van der Waals surface area contributed by atoms with Crippen LogP contribution in [0.4, 0.5) is 0 Å². The lowest BCUT2D eigenvalue weighted by atomic mass is 9.80. The monoisotopic (exact) mass is 359 g/mol. The first kappa shape index (κ1) is 16.5. The molecular weight excluding hydrogens is 342 g/mol. The van der Waals surface area contributed by atoms with Crippen LogP contribution >= 0.6 is 0 Å². The molecule has 0 radical (unpaired) electrons. The highest BCUT2D eigenvalue weighted by molar-refractivity contribution is 6.10. The minimum Gasteiger partial charge on any atom is -0.192 e. The molecule has 0 heterocycles. The van der Waals surface area contributed by atoms with Gasteiger partial charge < -0.3 is 0 Å². The van der Waals surface area contributed by atoms with E-state index in [2.05, 4.69) is 59.7 Å². The molecule has 0 unspecified atom stereocenters. The van der Waals surface area contributed by atoms with Crippen molar-refractivity contribution in [3.05, 3.63) is 94.5 Å². The number of benzene rings is 3. The van der Waals surface area contributed by atoms with Gasteiger partial charge in [-0.05, 0) is 65.3 Å². The SMILES string of the molecule is N#C/N=C1\c2cc(-c3cccc(C#N)c3)ccc2CC12Cc1ccccc1C2. The minimum absolute atomic E-state index is 0.116. The predicted octanol–water partition coefficient (Wildman–Crippen LogP) is 4.84. The quantitative estimate of drug-likeness (QED) is 0.584. The number of fused-ring (bicyclic) bond motifs is 2. The average Bonchev–Trinajstić information content (AvgIpc) is 3.25. The van der Waals surface area contributed by atoms with Gasteiger partial charge in [-0.15, -0.1) is 0 Å². The molecule has 0 fully saturated rings. The van der Waals surface area contributed by atoms with Gasteiger partial charge in [0.2, 0.25) is 6.19 Å². The third-order valence-electron chi connectivity index (χ3n) is 6.06. The van der Waals surface area contributed by atoms with Crippen LogP contribution in [0, 0.1) is 28.2 Å². The summed E-state index contributed by atoms with van der Waals surface area (Å²) in [7, 11) is 0. The summed E-state index contributed by atoms with van der Waals surface area (Å²) >= 11 is 0. The van der Waals surface area contributed by atoms with Crippen molar-refractivity contribution in [2.45, 2.75) is 19.3 Å². The summed E-state index contributed by atoms with van der Waals surface area (Å²) in [5.41, 5.74) is 8.56. The summed E-state index contributed by atoms with van der Waals surface area (Å²) in [6.07, 6.45) is 4.82. The smallest absolute Gasteiger partial charge is 0.192 e. The summed E-state index contributed by atoms with van der Waals surface area (Å²) in [5.74, 6) is 0. The molecule has 0 saturated heterocycles. The Balaban J connectivity index is 1.61. The molecule has 0 saturated carbocycles. The van der Waals surface area contributed by atoms with Gasteiger partial charge in [0, 0.05) is 11.0 Å². The average molecular weight is 359 g/mol. The lowest BCUT2D eigenvalue weighted by Crippen LogP contribution is -2.29. The zero-order valence-electron chi connectivity index (χ0n) is 15.3. The standard InChI is InChI=1S/C25H17N3/c26-15-17-4-3-7-18(10-17)19-8-9-22-14-25(24(28-16-27)23(22)11-19)12-20-5-1-2-6-21(20)13-25/h1-11H,12-14H2/b28-24+. The van der Waals surface area contributed by atoms with Gasteiger partial charge in [0.1, 0.15) is 0 Å². The van der Waals surface area contributed by atoms with Crippen molar-refractivity contribution in [3.8, 4) is 23.4 Å². The van der Waals surface area contributed by atoms with Crippen LogP contribution in [0.15, 0.2) is 71.7 Å². The van der Waals surface area contributed by atoms with Gasteiger partial charge in [0.25, 0.3) is 0 Å². The van der Waals surface area contributed by atoms with Crippen LogP contribution in [0.2, 0.25) is 0 Å². The van der Waals surface area contributed by atoms with Crippen molar-refractivity contribution >= 4 is 5.71 Å². The van der Waals surface area contributed by atoms with E-state index in [0.29, 0.717) is 5.56 Å². The number of nitriles is 2. The Hall–Kier alpha value is -3.69. The highest BCUT2D eigenvalue weighted by Crippen LogP contribution is 2.48. The first-order chi connectivity index (χ1) is 13.7. The maximum Gasteiger partial charge on any atom is 0.205 e. The summed E-state index contributed by atoms with van der Waals surface area (Å²) in [6.45, 7) is 0. The maximum atomic E-state index is 9.39. The predicted molar refractivity (Wildman–Crippen MR) is 109 cm³/mol. The van der Waals surface area contributed by atoms with Gasteiger partial charge in [-0.1, -0.05) is 48.5 Å². The molecule has 3 heteroatoms. The Bertz CT molecular complexity index is 1200. The van der Waals surface area contributed by atoms with E-state index in [1.807, 2.05) is 24.3 Å². The molecule has 0 N–H and O–H groups in total. The van der Waals surface area contributed by atoms with Crippen molar-refractivity contribution < 1.29 is 0 Å². The molecular formula is C25H17N3.